The summed E-state index contributed by atoms with van der Waals surface area (Å²) in [6.07, 6.45) is 5.91. The maximum Gasteiger partial charge on any atom is 0.214 e. The lowest BCUT2D eigenvalue weighted by Crippen LogP contribution is -2.48. The van der Waals surface area contributed by atoms with Crippen molar-refractivity contribution in [2.75, 3.05) is 39.0 Å². The highest BCUT2D eigenvalue weighted by molar-refractivity contribution is 7.89. The number of rotatable bonds is 7. The second kappa shape index (κ2) is 7.83. The average molecular weight is 345 g/mol. The van der Waals surface area contributed by atoms with E-state index in [1.807, 2.05) is 0 Å². The number of sulfonamides is 1. The molecule has 0 unspecified atom stereocenters. The van der Waals surface area contributed by atoms with Crippen LogP contribution in [0.3, 0.4) is 0 Å². The Hall–Kier alpha value is -0.820. The summed E-state index contributed by atoms with van der Waals surface area (Å²) in [5.41, 5.74) is 0.421. The van der Waals surface area contributed by atoms with Crippen LogP contribution in [-0.4, -0.2) is 57.7 Å². The van der Waals surface area contributed by atoms with Crippen LogP contribution in [-0.2, 0) is 10.0 Å². The lowest BCUT2D eigenvalue weighted by molar-refractivity contribution is 0.104. The van der Waals surface area contributed by atoms with Crippen LogP contribution < -0.4 is 10.6 Å². The van der Waals surface area contributed by atoms with E-state index in [1.165, 1.54) is 25.7 Å². The van der Waals surface area contributed by atoms with Gasteiger partial charge < -0.3 is 10.6 Å². The Bertz CT molecular complexity index is 512. The molecule has 23 heavy (non-hydrogen) atoms. The predicted octanol–water partition coefficient (Wildman–Crippen LogP) is 1.40. The summed E-state index contributed by atoms with van der Waals surface area (Å²) >= 11 is 0. The molecule has 0 radical (unpaired) electrons. The quantitative estimate of drug-likeness (QED) is 0.541. The molecule has 7 heteroatoms. The fraction of sp³-hybridized carbons (Fsp3) is 0.938. The first-order valence-corrected chi connectivity index (χ1v) is 10.4. The lowest BCUT2D eigenvalue weighted by atomic mass is 9.64. The lowest BCUT2D eigenvalue weighted by Gasteiger charge is -2.43. The van der Waals surface area contributed by atoms with Crippen molar-refractivity contribution in [1.29, 1.82) is 0 Å². The molecule has 0 amide bonds. The van der Waals surface area contributed by atoms with Gasteiger partial charge in [-0.2, -0.15) is 0 Å². The van der Waals surface area contributed by atoms with Gasteiger partial charge >= 0.3 is 0 Å². The summed E-state index contributed by atoms with van der Waals surface area (Å²) in [5, 5.41) is 6.68. The van der Waals surface area contributed by atoms with Crippen LogP contribution in [0.4, 0.5) is 0 Å². The fourth-order valence-electron chi connectivity index (χ4n) is 3.73. The minimum Gasteiger partial charge on any atom is -0.356 e. The van der Waals surface area contributed by atoms with Crippen LogP contribution in [0, 0.1) is 11.3 Å². The van der Waals surface area contributed by atoms with Gasteiger partial charge in [-0.05, 0) is 37.0 Å². The Morgan fingerprint density at radius 2 is 2.00 bits per heavy atom. The third-order valence-electron chi connectivity index (χ3n) is 4.97. The first kappa shape index (κ1) is 18.5. The first-order valence-electron chi connectivity index (χ1n) is 8.79. The second-order valence-corrected chi connectivity index (χ2v) is 9.46. The smallest absolute Gasteiger partial charge is 0.214 e. The molecule has 1 saturated heterocycles. The van der Waals surface area contributed by atoms with E-state index in [0.717, 1.165) is 18.9 Å². The molecule has 1 heterocycles. The average Bonchev–Trinajstić information content (AvgIpc) is 2.78. The Morgan fingerprint density at radius 3 is 2.48 bits per heavy atom. The Labute approximate surface area is 141 Å². The number of hydrogen-bond donors (Lipinski definition) is 2. The molecule has 6 nitrogen and oxygen atoms in total. The molecule has 0 aromatic heterocycles. The maximum absolute atomic E-state index is 11.8. The summed E-state index contributed by atoms with van der Waals surface area (Å²) in [6, 6.07) is 0. The van der Waals surface area contributed by atoms with Gasteiger partial charge in [0.1, 0.15) is 0 Å². The van der Waals surface area contributed by atoms with Crippen molar-refractivity contribution in [3.63, 3.8) is 0 Å². The van der Waals surface area contributed by atoms with E-state index in [1.54, 1.807) is 11.4 Å². The molecule has 2 aliphatic rings. The molecular weight excluding hydrogens is 312 g/mol. The van der Waals surface area contributed by atoms with Gasteiger partial charge in [0.05, 0.1) is 5.75 Å². The van der Waals surface area contributed by atoms with E-state index < -0.39 is 10.0 Å². The van der Waals surface area contributed by atoms with E-state index in [0.29, 0.717) is 31.0 Å². The molecule has 1 aliphatic heterocycles. The minimum absolute atomic E-state index is 0.289. The maximum atomic E-state index is 11.8. The van der Waals surface area contributed by atoms with Gasteiger partial charge in [0.15, 0.2) is 5.96 Å². The molecule has 0 bridgehead atoms. The van der Waals surface area contributed by atoms with Crippen LogP contribution in [0.1, 0.15) is 46.0 Å². The van der Waals surface area contributed by atoms with Gasteiger partial charge in [0.2, 0.25) is 10.0 Å². The van der Waals surface area contributed by atoms with Crippen molar-refractivity contribution in [3.8, 4) is 0 Å². The van der Waals surface area contributed by atoms with Crippen molar-refractivity contribution >= 4 is 16.0 Å². The third-order valence-corrected chi connectivity index (χ3v) is 6.92. The zero-order chi connectivity index (χ0) is 16.9. The largest absolute Gasteiger partial charge is 0.356 e. The molecule has 0 aromatic carbocycles. The summed E-state index contributed by atoms with van der Waals surface area (Å²) in [7, 11) is -1.24. The molecule has 1 saturated carbocycles. The zero-order valence-electron chi connectivity index (χ0n) is 14.8. The standard InChI is InChI=1S/C16H32N4O2S/c1-14(2)12-16(6-4-7-16)13-19-15(17-3)18-8-10-20-9-5-11-23(20,21)22/h14H,4-13H2,1-3H3,(H2,17,18,19). The molecule has 1 aliphatic carbocycles. The first-order chi connectivity index (χ1) is 10.9. The van der Waals surface area contributed by atoms with Crippen LogP contribution >= 0.6 is 0 Å². The van der Waals surface area contributed by atoms with Gasteiger partial charge in [0, 0.05) is 33.2 Å². The fourth-order valence-corrected chi connectivity index (χ4v) is 5.26. The van der Waals surface area contributed by atoms with Gasteiger partial charge in [-0.15, -0.1) is 0 Å². The van der Waals surface area contributed by atoms with Crippen molar-refractivity contribution in [2.24, 2.45) is 16.3 Å². The normalized spacial score (nSPS) is 23.7. The van der Waals surface area contributed by atoms with E-state index in [4.69, 9.17) is 0 Å². The number of guanidine groups is 1. The highest BCUT2D eigenvalue weighted by Gasteiger charge is 2.37. The molecule has 2 N–H and O–H groups in total. The number of hydrogen-bond acceptors (Lipinski definition) is 3. The van der Waals surface area contributed by atoms with Crippen molar-refractivity contribution in [2.45, 2.75) is 46.0 Å². The van der Waals surface area contributed by atoms with E-state index in [-0.39, 0.29) is 5.75 Å². The van der Waals surface area contributed by atoms with Crippen molar-refractivity contribution in [3.05, 3.63) is 0 Å². The molecular formula is C16H32N4O2S. The number of nitrogens with zero attached hydrogens (tertiary/aromatic N) is 2. The second-order valence-electron chi connectivity index (χ2n) is 7.37. The van der Waals surface area contributed by atoms with Crippen LogP contribution in [0.15, 0.2) is 4.99 Å². The predicted molar refractivity (Wildman–Crippen MR) is 95.1 cm³/mol. The molecule has 134 valence electrons. The highest BCUT2D eigenvalue weighted by Crippen LogP contribution is 2.45. The van der Waals surface area contributed by atoms with Gasteiger partial charge in [0.25, 0.3) is 0 Å². The summed E-state index contributed by atoms with van der Waals surface area (Å²) in [6.45, 7) is 7.27. The number of nitrogens with one attached hydrogen (secondary N) is 2. The molecule has 0 atom stereocenters. The van der Waals surface area contributed by atoms with Crippen LogP contribution in [0.25, 0.3) is 0 Å². The highest BCUT2D eigenvalue weighted by atomic mass is 32.2. The van der Waals surface area contributed by atoms with Crippen LogP contribution in [0.5, 0.6) is 0 Å². The zero-order valence-corrected chi connectivity index (χ0v) is 15.6. The Balaban J connectivity index is 1.73. The van der Waals surface area contributed by atoms with Gasteiger partial charge in [-0.25, -0.2) is 12.7 Å². The SMILES string of the molecule is CN=C(NCCN1CCCS1(=O)=O)NCC1(CC(C)C)CCC1. The summed E-state index contributed by atoms with van der Waals surface area (Å²) < 4.78 is 25.1. The Kier molecular flexibility index (Phi) is 6.31. The van der Waals surface area contributed by atoms with Gasteiger partial charge in [-0.3, -0.25) is 4.99 Å². The molecule has 0 spiro atoms. The topological polar surface area (TPSA) is 73.8 Å². The van der Waals surface area contributed by atoms with Crippen molar-refractivity contribution < 1.29 is 8.42 Å². The molecule has 0 aromatic rings. The molecule has 2 fully saturated rings. The van der Waals surface area contributed by atoms with Crippen molar-refractivity contribution in [1.82, 2.24) is 14.9 Å². The third kappa shape index (κ3) is 5.08. The van der Waals surface area contributed by atoms with Crippen LogP contribution in [0.2, 0.25) is 0 Å². The van der Waals surface area contributed by atoms with Gasteiger partial charge in [-0.1, -0.05) is 20.3 Å². The monoisotopic (exact) mass is 344 g/mol. The Morgan fingerprint density at radius 1 is 1.26 bits per heavy atom. The van der Waals surface area contributed by atoms with E-state index in [2.05, 4.69) is 29.5 Å². The van der Waals surface area contributed by atoms with E-state index in [9.17, 15) is 8.42 Å². The summed E-state index contributed by atoms with van der Waals surface area (Å²) in [4.78, 5) is 4.26. The van der Waals surface area contributed by atoms with E-state index >= 15 is 0 Å². The summed E-state index contributed by atoms with van der Waals surface area (Å²) in [5.74, 6) is 1.78. The number of aliphatic imine (C=N–C) groups is 1. The molecule has 2 rings (SSSR count). The minimum atomic E-state index is -3.00.